The minimum atomic E-state index is -0.192. The first-order chi connectivity index (χ1) is 8.72. The van der Waals surface area contributed by atoms with Crippen LogP contribution in [0.5, 0.6) is 0 Å². The minimum absolute atomic E-state index is 0.000438. The van der Waals surface area contributed by atoms with Crippen molar-refractivity contribution in [2.45, 2.75) is 29.2 Å². The highest BCUT2D eigenvalue weighted by Crippen LogP contribution is 2.34. The van der Waals surface area contributed by atoms with Gasteiger partial charge in [-0.2, -0.15) is 0 Å². The van der Waals surface area contributed by atoms with Crippen molar-refractivity contribution in [1.29, 1.82) is 0 Å². The second-order valence-corrected chi connectivity index (χ2v) is 5.17. The molecule has 2 N–H and O–H groups in total. The summed E-state index contributed by atoms with van der Waals surface area (Å²) < 4.78 is 13.6. The van der Waals surface area contributed by atoms with Crippen LogP contribution in [0.3, 0.4) is 0 Å². The number of rotatable bonds is 4. The lowest BCUT2D eigenvalue weighted by Crippen LogP contribution is -2.09. The van der Waals surface area contributed by atoms with Gasteiger partial charge < -0.3 is 5.73 Å². The molecule has 0 saturated carbocycles. The Morgan fingerprint density at radius 2 is 1.67 bits per heavy atom. The third-order valence-corrected chi connectivity index (χ3v) is 3.96. The molecule has 0 radical (unpaired) electrons. The van der Waals surface area contributed by atoms with Crippen LogP contribution in [0, 0.1) is 5.82 Å². The summed E-state index contributed by atoms with van der Waals surface area (Å²) in [4.78, 5) is 1.66. The number of hydrogen-bond donors (Lipinski definition) is 1. The second-order valence-electron chi connectivity index (χ2n) is 4.09. The van der Waals surface area contributed by atoms with Crippen molar-refractivity contribution < 1.29 is 4.39 Å². The van der Waals surface area contributed by atoms with Crippen LogP contribution < -0.4 is 5.73 Å². The van der Waals surface area contributed by atoms with Crippen LogP contribution in [0.25, 0.3) is 0 Å². The molecule has 0 aliphatic rings. The molecule has 0 aliphatic carbocycles. The average molecular weight is 261 g/mol. The molecule has 0 fully saturated rings. The summed E-state index contributed by atoms with van der Waals surface area (Å²) in [6, 6.07) is 14.7. The largest absolute Gasteiger partial charge is 0.324 e. The molecule has 2 aromatic rings. The van der Waals surface area contributed by atoms with E-state index in [1.807, 2.05) is 30.3 Å². The Kier molecular flexibility index (Phi) is 4.39. The zero-order valence-electron chi connectivity index (χ0n) is 10.3. The van der Waals surface area contributed by atoms with E-state index in [9.17, 15) is 4.39 Å². The molecule has 0 spiro atoms. The Morgan fingerprint density at radius 3 is 2.33 bits per heavy atom. The smallest absolute Gasteiger partial charge is 0.137 e. The van der Waals surface area contributed by atoms with E-state index in [0.717, 1.165) is 16.9 Å². The van der Waals surface area contributed by atoms with Gasteiger partial charge in [-0.15, -0.1) is 0 Å². The summed E-state index contributed by atoms with van der Waals surface area (Å²) in [5, 5.41) is 0. The molecule has 2 rings (SSSR count). The summed E-state index contributed by atoms with van der Waals surface area (Å²) in [5.41, 5.74) is 7.16. The Hall–Kier alpha value is -1.32. The van der Waals surface area contributed by atoms with Crippen molar-refractivity contribution in [2.75, 3.05) is 0 Å². The summed E-state index contributed by atoms with van der Waals surface area (Å²) in [6.45, 7) is 2.05. The number of hydrogen-bond acceptors (Lipinski definition) is 2. The van der Waals surface area contributed by atoms with Crippen LogP contribution in [0.1, 0.15) is 24.9 Å². The van der Waals surface area contributed by atoms with Crippen molar-refractivity contribution in [3.05, 3.63) is 59.9 Å². The summed E-state index contributed by atoms with van der Waals surface area (Å²) >= 11 is 1.43. The topological polar surface area (TPSA) is 26.0 Å². The van der Waals surface area contributed by atoms with Gasteiger partial charge in [-0.3, -0.25) is 0 Å². The fourth-order valence-electron chi connectivity index (χ4n) is 1.75. The number of halogens is 1. The Morgan fingerprint density at radius 1 is 1.06 bits per heavy atom. The van der Waals surface area contributed by atoms with Crippen molar-refractivity contribution in [1.82, 2.24) is 0 Å². The first-order valence-electron chi connectivity index (χ1n) is 5.99. The molecule has 0 aliphatic heterocycles. The van der Waals surface area contributed by atoms with Gasteiger partial charge in [-0.05, 0) is 30.2 Å². The lowest BCUT2D eigenvalue weighted by molar-refractivity contribution is 0.602. The maximum Gasteiger partial charge on any atom is 0.137 e. The van der Waals surface area contributed by atoms with Crippen molar-refractivity contribution in [3.8, 4) is 0 Å². The molecule has 0 amide bonds. The Balaban J connectivity index is 2.32. The average Bonchev–Trinajstić information content (AvgIpc) is 2.41. The normalized spacial score (nSPS) is 12.4. The molecule has 94 valence electrons. The molecule has 0 heterocycles. The van der Waals surface area contributed by atoms with Crippen LogP contribution >= 0.6 is 11.8 Å². The van der Waals surface area contributed by atoms with Crippen molar-refractivity contribution >= 4 is 11.8 Å². The second kappa shape index (κ2) is 6.03. The van der Waals surface area contributed by atoms with Crippen molar-refractivity contribution in [2.24, 2.45) is 5.73 Å². The Labute approximate surface area is 111 Å². The zero-order chi connectivity index (χ0) is 13.0. The zero-order valence-corrected chi connectivity index (χ0v) is 11.1. The fourth-order valence-corrected chi connectivity index (χ4v) is 2.78. The molecular weight excluding hydrogens is 245 g/mol. The van der Waals surface area contributed by atoms with Gasteiger partial charge in [0.2, 0.25) is 0 Å². The maximum absolute atomic E-state index is 13.6. The minimum Gasteiger partial charge on any atom is -0.324 e. The summed E-state index contributed by atoms with van der Waals surface area (Å²) in [6.07, 6.45) is 0.870. The lowest BCUT2D eigenvalue weighted by atomic mass is 10.1. The standard InChI is InChI=1S/C15H16FNS/c1-2-13(17)11-7-3-5-9-14(11)18-15-10-6-4-8-12(15)16/h3-10,13H,2,17H2,1H3. The monoisotopic (exact) mass is 261 g/mol. The first kappa shape index (κ1) is 13.1. The highest BCUT2D eigenvalue weighted by Gasteiger charge is 2.11. The summed E-state index contributed by atoms with van der Waals surface area (Å²) in [5.74, 6) is -0.192. The number of nitrogens with two attached hydrogens (primary N) is 1. The van der Waals surface area contributed by atoms with Gasteiger partial charge in [-0.25, -0.2) is 4.39 Å². The van der Waals surface area contributed by atoms with Crippen LogP contribution in [-0.2, 0) is 0 Å². The quantitative estimate of drug-likeness (QED) is 0.883. The van der Waals surface area contributed by atoms with E-state index >= 15 is 0 Å². The van der Waals surface area contributed by atoms with Gasteiger partial charge >= 0.3 is 0 Å². The van der Waals surface area contributed by atoms with Crippen LogP contribution in [0.15, 0.2) is 58.3 Å². The summed E-state index contributed by atoms with van der Waals surface area (Å²) in [7, 11) is 0. The molecule has 1 atom stereocenters. The van der Waals surface area contributed by atoms with E-state index in [-0.39, 0.29) is 11.9 Å². The molecule has 1 unspecified atom stereocenters. The molecule has 0 saturated heterocycles. The molecule has 3 heteroatoms. The van der Waals surface area contributed by atoms with Crippen molar-refractivity contribution in [3.63, 3.8) is 0 Å². The Bertz CT molecular complexity index is 527. The maximum atomic E-state index is 13.6. The van der Waals surface area contributed by atoms with Gasteiger partial charge in [0.15, 0.2) is 0 Å². The lowest BCUT2D eigenvalue weighted by Gasteiger charge is -2.14. The molecule has 1 nitrogen and oxygen atoms in total. The fraction of sp³-hybridized carbons (Fsp3) is 0.200. The van der Waals surface area contributed by atoms with Gasteiger partial charge in [0, 0.05) is 15.8 Å². The van der Waals surface area contributed by atoms with E-state index in [1.165, 1.54) is 17.8 Å². The predicted octanol–water partition coefficient (Wildman–Crippen LogP) is 4.39. The van der Waals surface area contributed by atoms with Gasteiger partial charge in [0.05, 0.1) is 0 Å². The predicted molar refractivity (Wildman–Crippen MR) is 74.2 cm³/mol. The van der Waals surface area contributed by atoms with Crippen LogP contribution in [0.4, 0.5) is 4.39 Å². The molecule has 18 heavy (non-hydrogen) atoms. The van der Waals surface area contributed by atoms with Gasteiger partial charge in [0.1, 0.15) is 5.82 Å². The molecule has 2 aromatic carbocycles. The molecular formula is C15H16FNS. The third-order valence-electron chi connectivity index (χ3n) is 2.81. The van der Waals surface area contributed by atoms with Gasteiger partial charge in [-0.1, -0.05) is 49.0 Å². The SMILES string of the molecule is CCC(N)c1ccccc1Sc1ccccc1F. The molecule has 0 aromatic heterocycles. The van der Waals surface area contributed by atoms with E-state index in [4.69, 9.17) is 5.73 Å². The van der Waals surface area contributed by atoms with Crippen LogP contribution in [-0.4, -0.2) is 0 Å². The first-order valence-corrected chi connectivity index (χ1v) is 6.81. The van der Waals surface area contributed by atoms with Crippen LogP contribution in [0.2, 0.25) is 0 Å². The molecule has 0 bridgehead atoms. The third kappa shape index (κ3) is 2.92. The van der Waals surface area contributed by atoms with E-state index in [2.05, 4.69) is 6.92 Å². The van der Waals surface area contributed by atoms with E-state index in [1.54, 1.807) is 12.1 Å². The van der Waals surface area contributed by atoms with Gasteiger partial charge in [0.25, 0.3) is 0 Å². The highest BCUT2D eigenvalue weighted by atomic mass is 32.2. The number of benzene rings is 2. The highest BCUT2D eigenvalue weighted by molar-refractivity contribution is 7.99. The van der Waals surface area contributed by atoms with E-state index < -0.39 is 0 Å². The van der Waals surface area contributed by atoms with E-state index in [0.29, 0.717) is 4.90 Å².